The lowest BCUT2D eigenvalue weighted by Gasteiger charge is -2.43. The number of halogens is 2. The van der Waals surface area contributed by atoms with E-state index in [0.717, 1.165) is 23.7 Å². The van der Waals surface area contributed by atoms with Gasteiger partial charge >= 0.3 is 0 Å². The van der Waals surface area contributed by atoms with E-state index in [9.17, 15) is 4.79 Å². The van der Waals surface area contributed by atoms with Gasteiger partial charge in [-0.15, -0.1) is 12.4 Å². The van der Waals surface area contributed by atoms with Crippen LogP contribution in [-0.2, 0) is 10.3 Å². The molecule has 5 heteroatoms. The van der Waals surface area contributed by atoms with Gasteiger partial charge in [0, 0.05) is 17.4 Å². The Morgan fingerprint density at radius 2 is 2.17 bits per heavy atom. The summed E-state index contributed by atoms with van der Waals surface area (Å²) in [6.07, 6.45) is 3.59. The van der Waals surface area contributed by atoms with Crippen LogP contribution in [-0.4, -0.2) is 12.5 Å². The van der Waals surface area contributed by atoms with Crippen molar-refractivity contribution >= 4 is 34.2 Å². The molecule has 0 aliphatic heterocycles. The Morgan fingerprint density at radius 3 is 2.67 bits per heavy atom. The summed E-state index contributed by atoms with van der Waals surface area (Å²) in [6.45, 7) is 0.403. The number of rotatable bonds is 4. The quantitative estimate of drug-likeness (QED) is 0.890. The van der Waals surface area contributed by atoms with Crippen LogP contribution in [0.1, 0.15) is 31.2 Å². The molecule has 1 fully saturated rings. The Balaban J connectivity index is 0.00000162. The van der Waals surface area contributed by atoms with Crippen molar-refractivity contribution in [1.29, 1.82) is 0 Å². The highest BCUT2D eigenvalue weighted by Crippen LogP contribution is 2.41. The first-order valence-electron chi connectivity index (χ1n) is 5.93. The van der Waals surface area contributed by atoms with Gasteiger partial charge in [0.1, 0.15) is 0 Å². The molecule has 1 amide bonds. The molecule has 1 aromatic rings. The third-order valence-corrected chi connectivity index (χ3v) is 3.83. The Labute approximate surface area is 122 Å². The first kappa shape index (κ1) is 15.5. The predicted molar refractivity (Wildman–Crippen MR) is 78.7 cm³/mol. The second-order valence-electron chi connectivity index (χ2n) is 4.53. The summed E-state index contributed by atoms with van der Waals surface area (Å²) in [4.78, 5) is 11.7. The van der Waals surface area contributed by atoms with Crippen molar-refractivity contribution in [3.63, 3.8) is 0 Å². The van der Waals surface area contributed by atoms with Crippen molar-refractivity contribution in [2.45, 2.75) is 31.2 Å². The molecule has 1 aliphatic carbocycles. The second kappa shape index (κ2) is 6.55. The maximum absolute atomic E-state index is 11.7. The maximum atomic E-state index is 11.7. The number of amides is 1. The van der Waals surface area contributed by atoms with Gasteiger partial charge < -0.3 is 11.1 Å². The molecule has 1 saturated carbocycles. The van der Waals surface area contributed by atoms with E-state index in [0.29, 0.717) is 13.0 Å². The standard InChI is InChI=1S/C13H17BrN2O.ClH/c14-11-4-1-3-10(9-11)13(6-2-7-13)16-12(17)5-8-15;/h1,3-4,9H,2,5-8,15H2,(H,16,17);1H. The third-order valence-electron chi connectivity index (χ3n) is 3.33. The van der Waals surface area contributed by atoms with Crippen molar-refractivity contribution < 1.29 is 4.79 Å². The first-order chi connectivity index (χ1) is 8.16. The van der Waals surface area contributed by atoms with Gasteiger partial charge in [-0.05, 0) is 37.0 Å². The highest BCUT2D eigenvalue weighted by Gasteiger charge is 2.39. The van der Waals surface area contributed by atoms with Crippen molar-refractivity contribution in [3.8, 4) is 0 Å². The molecule has 0 bridgehead atoms. The molecule has 100 valence electrons. The van der Waals surface area contributed by atoms with Gasteiger partial charge in [0.05, 0.1) is 5.54 Å². The molecule has 3 N–H and O–H groups in total. The fraction of sp³-hybridized carbons (Fsp3) is 0.462. The first-order valence-corrected chi connectivity index (χ1v) is 6.73. The molecule has 0 unspecified atom stereocenters. The van der Waals surface area contributed by atoms with E-state index in [1.165, 1.54) is 5.56 Å². The number of hydrogen-bond donors (Lipinski definition) is 2. The lowest BCUT2D eigenvalue weighted by atomic mass is 9.71. The van der Waals surface area contributed by atoms with Crippen molar-refractivity contribution in [1.82, 2.24) is 5.32 Å². The highest BCUT2D eigenvalue weighted by atomic mass is 79.9. The summed E-state index contributed by atoms with van der Waals surface area (Å²) < 4.78 is 1.05. The molecule has 18 heavy (non-hydrogen) atoms. The summed E-state index contributed by atoms with van der Waals surface area (Å²) in [5.74, 6) is 0.0483. The van der Waals surface area contributed by atoms with Crippen LogP contribution in [0.3, 0.4) is 0 Å². The second-order valence-corrected chi connectivity index (χ2v) is 5.45. The number of carbonyl (C=O) groups excluding carboxylic acids is 1. The topological polar surface area (TPSA) is 55.1 Å². The average Bonchev–Trinajstić information content (AvgIpc) is 2.24. The Bertz CT molecular complexity index is 421. The highest BCUT2D eigenvalue weighted by molar-refractivity contribution is 9.10. The average molecular weight is 334 g/mol. The largest absolute Gasteiger partial charge is 0.347 e. The summed E-state index contributed by atoms with van der Waals surface area (Å²) in [5, 5.41) is 3.13. The van der Waals surface area contributed by atoms with Crippen molar-refractivity contribution in [3.05, 3.63) is 34.3 Å². The number of benzene rings is 1. The zero-order valence-electron chi connectivity index (χ0n) is 10.1. The predicted octanol–water partition coefficient (Wildman–Crippen LogP) is 2.72. The number of nitrogens with two attached hydrogens (primary N) is 1. The molecule has 0 spiro atoms. The smallest absolute Gasteiger partial charge is 0.221 e. The van der Waals surface area contributed by atoms with E-state index in [-0.39, 0.29) is 23.9 Å². The van der Waals surface area contributed by atoms with Crippen LogP contribution in [0.2, 0.25) is 0 Å². The zero-order valence-corrected chi connectivity index (χ0v) is 12.5. The van der Waals surface area contributed by atoms with Gasteiger partial charge in [0.2, 0.25) is 5.91 Å². The van der Waals surface area contributed by atoms with E-state index in [4.69, 9.17) is 5.73 Å². The van der Waals surface area contributed by atoms with E-state index in [1.54, 1.807) is 0 Å². The third kappa shape index (κ3) is 3.25. The van der Waals surface area contributed by atoms with Crippen LogP contribution in [0.4, 0.5) is 0 Å². The van der Waals surface area contributed by atoms with Crippen molar-refractivity contribution in [2.75, 3.05) is 6.54 Å². The van der Waals surface area contributed by atoms with E-state index >= 15 is 0 Å². The molecule has 0 radical (unpaired) electrons. The van der Waals surface area contributed by atoms with E-state index < -0.39 is 0 Å². The SMILES string of the molecule is Cl.NCCC(=O)NC1(c2cccc(Br)c2)CCC1. The van der Waals surface area contributed by atoms with E-state index in [1.807, 2.05) is 12.1 Å². The van der Waals surface area contributed by atoms with Crippen LogP contribution in [0.25, 0.3) is 0 Å². The molecule has 1 aliphatic rings. The molecule has 0 heterocycles. The monoisotopic (exact) mass is 332 g/mol. The van der Waals surface area contributed by atoms with Gasteiger partial charge in [-0.2, -0.15) is 0 Å². The van der Waals surface area contributed by atoms with Gasteiger partial charge in [-0.1, -0.05) is 28.1 Å². The lowest BCUT2D eigenvalue weighted by molar-refractivity contribution is -0.124. The van der Waals surface area contributed by atoms with Crippen LogP contribution < -0.4 is 11.1 Å². The molecular formula is C13H18BrClN2O. The molecule has 0 aromatic heterocycles. The Kier molecular flexibility index (Phi) is 5.63. The maximum Gasteiger partial charge on any atom is 0.221 e. The van der Waals surface area contributed by atoms with Gasteiger partial charge in [0.25, 0.3) is 0 Å². The Morgan fingerprint density at radius 1 is 1.44 bits per heavy atom. The van der Waals surface area contributed by atoms with Crippen LogP contribution >= 0.6 is 28.3 Å². The van der Waals surface area contributed by atoms with Crippen molar-refractivity contribution in [2.24, 2.45) is 5.73 Å². The summed E-state index contributed by atoms with van der Waals surface area (Å²) >= 11 is 3.47. The van der Waals surface area contributed by atoms with Crippen LogP contribution in [0, 0.1) is 0 Å². The molecule has 0 atom stereocenters. The van der Waals surface area contributed by atoms with Crippen LogP contribution in [0.5, 0.6) is 0 Å². The number of nitrogens with one attached hydrogen (secondary N) is 1. The number of carbonyl (C=O) groups is 1. The molecular weight excluding hydrogens is 316 g/mol. The van der Waals surface area contributed by atoms with Gasteiger partial charge in [-0.3, -0.25) is 4.79 Å². The van der Waals surface area contributed by atoms with Gasteiger partial charge in [0.15, 0.2) is 0 Å². The summed E-state index contributed by atoms with van der Waals surface area (Å²) in [6, 6.07) is 8.17. The van der Waals surface area contributed by atoms with E-state index in [2.05, 4.69) is 33.4 Å². The zero-order chi connectivity index (χ0) is 12.3. The normalized spacial score (nSPS) is 16.3. The molecule has 3 nitrogen and oxygen atoms in total. The molecule has 1 aromatic carbocycles. The summed E-state index contributed by atoms with van der Waals surface area (Å²) in [5.41, 5.74) is 6.43. The minimum absolute atomic E-state index is 0. The molecule has 2 rings (SSSR count). The minimum atomic E-state index is -0.157. The fourth-order valence-corrected chi connectivity index (χ4v) is 2.66. The lowest BCUT2D eigenvalue weighted by Crippen LogP contribution is -2.51. The van der Waals surface area contributed by atoms with Gasteiger partial charge in [-0.25, -0.2) is 0 Å². The summed E-state index contributed by atoms with van der Waals surface area (Å²) in [7, 11) is 0. The molecule has 0 saturated heterocycles. The van der Waals surface area contributed by atoms with Crippen LogP contribution in [0.15, 0.2) is 28.7 Å². The minimum Gasteiger partial charge on any atom is -0.347 e. The number of hydrogen-bond acceptors (Lipinski definition) is 2. The fourth-order valence-electron chi connectivity index (χ4n) is 2.26. The Hall–Kier alpha value is -0.580.